The maximum Gasteiger partial charge on any atom is 0.102 e. The molecular formula is C16H14Cl2N2. The number of halogens is 2. The van der Waals surface area contributed by atoms with E-state index in [-0.39, 0.29) is 0 Å². The van der Waals surface area contributed by atoms with Crippen molar-refractivity contribution >= 4 is 28.9 Å². The summed E-state index contributed by atoms with van der Waals surface area (Å²) in [5, 5.41) is 10.3. The molecule has 0 bridgehead atoms. The van der Waals surface area contributed by atoms with Gasteiger partial charge in [0.25, 0.3) is 0 Å². The van der Waals surface area contributed by atoms with E-state index in [1.807, 2.05) is 50.2 Å². The zero-order valence-electron chi connectivity index (χ0n) is 11.5. The molecule has 0 aliphatic heterocycles. The quantitative estimate of drug-likeness (QED) is 0.788. The third kappa shape index (κ3) is 2.75. The second-order valence-electron chi connectivity index (χ2n) is 4.82. The van der Waals surface area contributed by atoms with Gasteiger partial charge >= 0.3 is 0 Å². The molecule has 2 aromatic rings. The van der Waals surface area contributed by atoms with Crippen LogP contribution >= 0.6 is 23.2 Å². The van der Waals surface area contributed by atoms with Crippen molar-refractivity contribution in [3.05, 3.63) is 51.5 Å². The lowest BCUT2D eigenvalue weighted by molar-refractivity contribution is 1.12. The van der Waals surface area contributed by atoms with Crippen molar-refractivity contribution in [3.63, 3.8) is 0 Å². The van der Waals surface area contributed by atoms with Gasteiger partial charge in [-0.1, -0.05) is 29.3 Å². The van der Waals surface area contributed by atoms with Gasteiger partial charge in [0.15, 0.2) is 0 Å². The number of rotatable bonds is 2. The minimum Gasteiger partial charge on any atom is -0.377 e. The largest absolute Gasteiger partial charge is 0.377 e. The van der Waals surface area contributed by atoms with Gasteiger partial charge in [-0.15, -0.1) is 0 Å². The molecule has 0 saturated carbocycles. The molecule has 0 atom stereocenters. The van der Waals surface area contributed by atoms with E-state index in [9.17, 15) is 5.26 Å². The van der Waals surface area contributed by atoms with E-state index >= 15 is 0 Å². The molecule has 2 aromatic carbocycles. The molecule has 0 aromatic heterocycles. The minimum atomic E-state index is 0.526. The number of benzene rings is 2. The zero-order chi connectivity index (χ0) is 14.9. The summed E-state index contributed by atoms with van der Waals surface area (Å²) in [6.07, 6.45) is 0. The predicted molar refractivity (Wildman–Crippen MR) is 85.7 cm³/mol. The van der Waals surface area contributed by atoms with Crippen LogP contribution in [0.25, 0.3) is 11.1 Å². The Kier molecular flexibility index (Phi) is 4.23. The first-order valence-electron chi connectivity index (χ1n) is 6.11. The highest BCUT2D eigenvalue weighted by atomic mass is 35.5. The SMILES string of the molecule is Cc1cc(-c2ccc(Cl)c(Cl)c2)cc(N(C)C)c1C#N. The summed E-state index contributed by atoms with van der Waals surface area (Å²) < 4.78 is 0. The summed E-state index contributed by atoms with van der Waals surface area (Å²) >= 11 is 12.0. The fraction of sp³-hybridized carbons (Fsp3) is 0.188. The van der Waals surface area contributed by atoms with Crippen molar-refractivity contribution in [3.8, 4) is 17.2 Å². The second-order valence-corrected chi connectivity index (χ2v) is 5.64. The molecule has 2 nitrogen and oxygen atoms in total. The van der Waals surface area contributed by atoms with E-state index in [1.54, 1.807) is 6.07 Å². The van der Waals surface area contributed by atoms with Crippen LogP contribution in [0.2, 0.25) is 10.0 Å². The van der Waals surface area contributed by atoms with Crippen LogP contribution in [0.1, 0.15) is 11.1 Å². The molecule has 0 unspecified atom stereocenters. The lowest BCUT2D eigenvalue weighted by atomic mass is 9.98. The highest BCUT2D eigenvalue weighted by molar-refractivity contribution is 6.42. The first-order chi connectivity index (χ1) is 9.43. The van der Waals surface area contributed by atoms with Crippen LogP contribution in [0.15, 0.2) is 30.3 Å². The van der Waals surface area contributed by atoms with Gasteiger partial charge < -0.3 is 4.90 Å². The van der Waals surface area contributed by atoms with Crippen molar-refractivity contribution in [2.45, 2.75) is 6.92 Å². The van der Waals surface area contributed by atoms with Crippen LogP contribution in [0.4, 0.5) is 5.69 Å². The Balaban J connectivity index is 2.64. The van der Waals surface area contributed by atoms with Crippen LogP contribution in [0, 0.1) is 18.3 Å². The molecule has 4 heteroatoms. The lowest BCUT2D eigenvalue weighted by Gasteiger charge is -2.18. The van der Waals surface area contributed by atoms with E-state index < -0.39 is 0 Å². The third-order valence-electron chi connectivity index (χ3n) is 3.16. The van der Waals surface area contributed by atoms with Gasteiger partial charge in [-0.3, -0.25) is 0 Å². The maximum absolute atomic E-state index is 9.27. The normalized spacial score (nSPS) is 10.2. The number of aryl methyl sites for hydroxylation is 1. The summed E-state index contributed by atoms with van der Waals surface area (Å²) in [5.74, 6) is 0. The van der Waals surface area contributed by atoms with Crippen molar-refractivity contribution in [2.75, 3.05) is 19.0 Å². The van der Waals surface area contributed by atoms with Gasteiger partial charge in [-0.05, 0) is 47.9 Å². The first-order valence-corrected chi connectivity index (χ1v) is 6.87. The summed E-state index contributed by atoms with van der Waals surface area (Å²) in [6, 6.07) is 11.8. The van der Waals surface area contributed by atoms with Crippen molar-refractivity contribution in [1.29, 1.82) is 5.26 Å². The zero-order valence-corrected chi connectivity index (χ0v) is 13.0. The Morgan fingerprint density at radius 1 is 1.00 bits per heavy atom. The van der Waals surface area contributed by atoms with Crippen molar-refractivity contribution < 1.29 is 0 Å². The summed E-state index contributed by atoms with van der Waals surface area (Å²) in [5.41, 5.74) is 4.53. The van der Waals surface area contributed by atoms with E-state index in [2.05, 4.69) is 6.07 Å². The molecule has 0 fully saturated rings. The van der Waals surface area contributed by atoms with Gasteiger partial charge in [0.1, 0.15) is 6.07 Å². The average Bonchev–Trinajstić information content (AvgIpc) is 2.40. The highest BCUT2D eigenvalue weighted by Crippen LogP contribution is 2.33. The smallest absolute Gasteiger partial charge is 0.102 e. The fourth-order valence-electron chi connectivity index (χ4n) is 2.11. The molecule has 0 heterocycles. The Morgan fingerprint density at radius 3 is 2.25 bits per heavy atom. The van der Waals surface area contributed by atoms with E-state index in [1.165, 1.54) is 0 Å². The number of nitrogens with zero attached hydrogens (tertiary/aromatic N) is 2. The molecule has 0 aliphatic rings. The Labute approximate surface area is 129 Å². The summed E-state index contributed by atoms with van der Waals surface area (Å²) in [4.78, 5) is 1.94. The molecule has 0 N–H and O–H groups in total. The number of nitriles is 1. The molecule has 0 saturated heterocycles. The molecule has 0 spiro atoms. The molecule has 0 radical (unpaired) electrons. The van der Waals surface area contributed by atoms with E-state index in [4.69, 9.17) is 23.2 Å². The highest BCUT2D eigenvalue weighted by Gasteiger charge is 2.11. The third-order valence-corrected chi connectivity index (χ3v) is 3.90. The molecular weight excluding hydrogens is 291 g/mol. The van der Waals surface area contributed by atoms with Gasteiger partial charge in [0.05, 0.1) is 21.3 Å². The summed E-state index contributed by atoms with van der Waals surface area (Å²) in [7, 11) is 3.85. The van der Waals surface area contributed by atoms with Crippen molar-refractivity contribution in [2.24, 2.45) is 0 Å². The van der Waals surface area contributed by atoms with E-state index in [0.717, 1.165) is 22.4 Å². The minimum absolute atomic E-state index is 0.526. The Bertz CT molecular complexity index is 700. The number of hydrogen-bond acceptors (Lipinski definition) is 2. The van der Waals surface area contributed by atoms with Gasteiger partial charge in [0, 0.05) is 14.1 Å². The van der Waals surface area contributed by atoms with Crippen LogP contribution in [-0.4, -0.2) is 14.1 Å². The summed E-state index contributed by atoms with van der Waals surface area (Å²) in [6.45, 7) is 1.94. The number of hydrogen-bond donors (Lipinski definition) is 0. The van der Waals surface area contributed by atoms with Gasteiger partial charge in [0.2, 0.25) is 0 Å². The van der Waals surface area contributed by atoms with Crippen LogP contribution in [0.5, 0.6) is 0 Å². The van der Waals surface area contributed by atoms with Crippen LogP contribution < -0.4 is 4.90 Å². The lowest BCUT2D eigenvalue weighted by Crippen LogP contribution is -2.11. The molecule has 2 rings (SSSR count). The Morgan fingerprint density at radius 2 is 1.70 bits per heavy atom. The monoisotopic (exact) mass is 304 g/mol. The first kappa shape index (κ1) is 14.7. The fourth-order valence-corrected chi connectivity index (χ4v) is 2.41. The molecule has 102 valence electrons. The molecule has 0 amide bonds. The predicted octanol–water partition coefficient (Wildman–Crippen LogP) is 4.91. The second kappa shape index (κ2) is 5.75. The maximum atomic E-state index is 9.27. The average molecular weight is 305 g/mol. The number of anilines is 1. The topological polar surface area (TPSA) is 27.0 Å². The van der Waals surface area contributed by atoms with Crippen molar-refractivity contribution in [1.82, 2.24) is 0 Å². The standard InChI is InChI=1S/C16H14Cl2N2/c1-10-6-12(8-16(20(2)3)13(10)9-19)11-4-5-14(17)15(18)7-11/h4-8H,1-3H3. The Hall–Kier alpha value is -1.69. The van der Waals surface area contributed by atoms with Gasteiger partial charge in [-0.2, -0.15) is 5.26 Å². The van der Waals surface area contributed by atoms with Gasteiger partial charge in [-0.25, -0.2) is 0 Å². The molecule has 20 heavy (non-hydrogen) atoms. The molecule has 0 aliphatic carbocycles. The van der Waals surface area contributed by atoms with E-state index in [0.29, 0.717) is 15.6 Å². The van der Waals surface area contributed by atoms with Crippen LogP contribution in [0.3, 0.4) is 0 Å². The van der Waals surface area contributed by atoms with Crippen LogP contribution in [-0.2, 0) is 0 Å².